The van der Waals surface area contributed by atoms with Gasteiger partial charge in [-0.3, -0.25) is 0 Å². The van der Waals surface area contributed by atoms with Crippen LogP contribution in [0.3, 0.4) is 0 Å². The molecule has 0 saturated carbocycles. The molecule has 2 aromatic carbocycles. The number of nitrogens with zero attached hydrogens (tertiary/aromatic N) is 2. The first-order chi connectivity index (χ1) is 12.4. The molecule has 0 aliphatic rings. The van der Waals surface area contributed by atoms with Crippen LogP contribution in [0.2, 0.25) is 5.02 Å². The van der Waals surface area contributed by atoms with Crippen LogP contribution in [0.15, 0.2) is 60.8 Å². The van der Waals surface area contributed by atoms with Crippen molar-refractivity contribution in [3.8, 4) is 0 Å². The largest absolute Gasteiger partial charge is 0.416 e. The SMILES string of the molecule is FC(F)(F)c1ccc(Nc2nccc(NCc3ccc(Cl)cc3)n2)cc1. The van der Waals surface area contributed by atoms with E-state index in [4.69, 9.17) is 11.6 Å². The van der Waals surface area contributed by atoms with E-state index in [0.717, 1.165) is 17.7 Å². The van der Waals surface area contributed by atoms with Crippen LogP contribution < -0.4 is 10.6 Å². The molecule has 0 aliphatic heterocycles. The molecule has 0 spiro atoms. The van der Waals surface area contributed by atoms with Gasteiger partial charge in [-0.25, -0.2) is 4.98 Å². The lowest BCUT2D eigenvalue weighted by Crippen LogP contribution is -2.05. The molecular formula is C18H14ClF3N4. The van der Waals surface area contributed by atoms with Gasteiger partial charge in [0.25, 0.3) is 0 Å². The van der Waals surface area contributed by atoms with E-state index in [9.17, 15) is 13.2 Å². The second-order valence-corrected chi connectivity index (χ2v) is 5.88. The van der Waals surface area contributed by atoms with Crippen LogP contribution in [0.4, 0.5) is 30.6 Å². The van der Waals surface area contributed by atoms with Gasteiger partial charge in [0.2, 0.25) is 5.95 Å². The highest BCUT2D eigenvalue weighted by Gasteiger charge is 2.29. The lowest BCUT2D eigenvalue weighted by atomic mass is 10.2. The molecular weight excluding hydrogens is 365 g/mol. The molecule has 0 amide bonds. The van der Waals surface area contributed by atoms with Gasteiger partial charge in [0.05, 0.1) is 5.56 Å². The summed E-state index contributed by atoms with van der Waals surface area (Å²) in [6.45, 7) is 0.550. The molecule has 0 atom stereocenters. The summed E-state index contributed by atoms with van der Waals surface area (Å²) in [7, 11) is 0. The number of benzene rings is 2. The fraction of sp³-hybridized carbons (Fsp3) is 0.111. The zero-order valence-electron chi connectivity index (χ0n) is 13.4. The minimum Gasteiger partial charge on any atom is -0.366 e. The van der Waals surface area contributed by atoms with Gasteiger partial charge >= 0.3 is 6.18 Å². The predicted molar refractivity (Wildman–Crippen MR) is 95.5 cm³/mol. The van der Waals surface area contributed by atoms with E-state index in [-0.39, 0.29) is 5.95 Å². The number of hydrogen-bond donors (Lipinski definition) is 2. The summed E-state index contributed by atoms with van der Waals surface area (Å²) in [5, 5.41) is 6.70. The zero-order chi connectivity index (χ0) is 18.6. The fourth-order valence-electron chi connectivity index (χ4n) is 2.18. The number of anilines is 3. The van der Waals surface area contributed by atoms with Crippen LogP contribution in [0.25, 0.3) is 0 Å². The first-order valence-corrected chi connectivity index (χ1v) is 8.03. The van der Waals surface area contributed by atoms with Crippen molar-refractivity contribution in [2.45, 2.75) is 12.7 Å². The number of rotatable bonds is 5. The summed E-state index contributed by atoms with van der Waals surface area (Å²) in [5.74, 6) is 0.871. The summed E-state index contributed by atoms with van der Waals surface area (Å²) in [6.07, 6.45) is -2.80. The predicted octanol–water partition coefficient (Wildman–Crippen LogP) is 5.50. The normalized spacial score (nSPS) is 11.2. The van der Waals surface area contributed by atoms with Crippen molar-refractivity contribution >= 4 is 29.1 Å². The molecule has 1 aromatic heterocycles. The van der Waals surface area contributed by atoms with Crippen LogP contribution in [-0.2, 0) is 12.7 Å². The van der Waals surface area contributed by atoms with E-state index in [1.165, 1.54) is 12.1 Å². The first kappa shape index (κ1) is 18.0. The molecule has 1 heterocycles. The lowest BCUT2D eigenvalue weighted by Gasteiger charge is -2.10. The van der Waals surface area contributed by atoms with Crippen molar-refractivity contribution in [1.82, 2.24) is 9.97 Å². The fourth-order valence-corrected chi connectivity index (χ4v) is 2.31. The molecule has 0 bridgehead atoms. The topological polar surface area (TPSA) is 49.8 Å². The van der Waals surface area contributed by atoms with Gasteiger partial charge in [-0.05, 0) is 48.0 Å². The molecule has 0 aliphatic carbocycles. The summed E-state index contributed by atoms with van der Waals surface area (Å²) >= 11 is 5.85. The second-order valence-electron chi connectivity index (χ2n) is 5.45. The minimum absolute atomic E-state index is 0.283. The average Bonchev–Trinajstić information content (AvgIpc) is 2.61. The number of aromatic nitrogens is 2. The maximum Gasteiger partial charge on any atom is 0.416 e. The van der Waals surface area contributed by atoms with Crippen molar-refractivity contribution in [2.75, 3.05) is 10.6 Å². The summed E-state index contributed by atoms with van der Waals surface area (Å²) in [4.78, 5) is 8.36. The average molecular weight is 379 g/mol. The number of hydrogen-bond acceptors (Lipinski definition) is 4. The maximum absolute atomic E-state index is 12.6. The monoisotopic (exact) mass is 378 g/mol. The smallest absolute Gasteiger partial charge is 0.366 e. The van der Waals surface area contributed by atoms with Crippen LogP contribution in [0.5, 0.6) is 0 Å². The molecule has 26 heavy (non-hydrogen) atoms. The first-order valence-electron chi connectivity index (χ1n) is 7.66. The Morgan fingerprint density at radius 1 is 0.923 bits per heavy atom. The molecule has 0 fully saturated rings. The lowest BCUT2D eigenvalue weighted by molar-refractivity contribution is -0.137. The Bertz CT molecular complexity index is 865. The Morgan fingerprint density at radius 3 is 2.27 bits per heavy atom. The van der Waals surface area contributed by atoms with Crippen LogP contribution >= 0.6 is 11.6 Å². The third-order valence-corrected chi connectivity index (χ3v) is 3.76. The van der Waals surface area contributed by atoms with Gasteiger partial charge in [-0.15, -0.1) is 0 Å². The highest BCUT2D eigenvalue weighted by atomic mass is 35.5. The third-order valence-electron chi connectivity index (χ3n) is 3.51. The van der Waals surface area contributed by atoms with Gasteiger partial charge in [0.1, 0.15) is 5.82 Å². The molecule has 134 valence electrons. The third kappa shape index (κ3) is 4.86. The van der Waals surface area contributed by atoms with Crippen LogP contribution in [-0.4, -0.2) is 9.97 Å². The quantitative estimate of drug-likeness (QED) is 0.615. The number of nitrogens with one attached hydrogen (secondary N) is 2. The minimum atomic E-state index is -4.36. The standard InChI is InChI=1S/C18H14ClF3N4/c19-14-5-1-12(2-6-14)11-24-16-9-10-23-17(26-16)25-15-7-3-13(4-8-15)18(20,21)22/h1-10H,11H2,(H2,23,24,25,26). The zero-order valence-corrected chi connectivity index (χ0v) is 14.1. The van der Waals surface area contributed by atoms with E-state index in [1.807, 2.05) is 12.1 Å². The second kappa shape index (κ2) is 7.61. The Labute approximate surface area is 153 Å². The van der Waals surface area contributed by atoms with E-state index in [2.05, 4.69) is 20.6 Å². The van der Waals surface area contributed by atoms with Crippen molar-refractivity contribution < 1.29 is 13.2 Å². The van der Waals surface area contributed by atoms with E-state index in [1.54, 1.807) is 24.4 Å². The van der Waals surface area contributed by atoms with Gasteiger partial charge in [-0.1, -0.05) is 23.7 Å². The summed E-state index contributed by atoms with van der Waals surface area (Å²) in [6, 6.07) is 13.8. The molecule has 0 radical (unpaired) electrons. The van der Waals surface area contributed by atoms with Gasteiger partial charge in [0, 0.05) is 23.5 Å². The van der Waals surface area contributed by atoms with Gasteiger partial charge in [-0.2, -0.15) is 18.2 Å². The van der Waals surface area contributed by atoms with Crippen molar-refractivity contribution in [3.05, 3.63) is 76.9 Å². The van der Waals surface area contributed by atoms with E-state index < -0.39 is 11.7 Å². The Balaban J connectivity index is 1.64. The van der Waals surface area contributed by atoms with Gasteiger partial charge < -0.3 is 10.6 Å². The van der Waals surface area contributed by atoms with Crippen molar-refractivity contribution in [1.29, 1.82) is 0 Å². The molecule has 3 aromatic rings. The molecule has 2 N–H and O–H groups in total. The van der Waals surface area contributed by atoms with Crippen molar-refractivity contribution in [2.24, 2.45) is 0 Å². The molecule has 0 unspecified atom stereocenters. The maximum atomic E-state index is 12.6. The van der Waals surface area contributed by atoms with Crippen molar-refractivity contribution in [3.63, 3.8) is 0 Å². The molecule has 0 saturated heterocycles. The van der Waals surface area contributed by atoms with Gasteiger partial charge in [0.15, 0.2) is 0 Å². The Hall–Kier alpha value is -2.80. The molecule has 8 heteroatoms. The Kier molecular flexibility index (Phi) is 5.27. The Morgan fingerprint density at radius 2 is 1.62 bits per heavy atom. The highest BCUT2D eigenvalue weighted by Crippen LogP contribution is 2.30. The molecule has 4 nitrogen and oxygen atoms in total. The van der Waals surface area contributed by atoms with Crippen LogP contribution in [0.1, 0.15) is 11.1 Å². The van der Waals surface area contributed by atoms with E-state index >= 15 is 0 Å². The number of alkyl halides is 3. The summed E-state index contributed by atoms with van der Waals surface area (Å²) < 4.78 is 37.8. The van der Waals surface area contributed by atoms with E-state index in [0.29, 0.717) is 23.1 Å². The summed E-state index contributed by atoms with van der Waals surface area (Å²) in [5.41, 5.74) is 0.792. The number of halogens is 4. The van der Waals surface area contributed by atoms with Crippen LogP contribution in [0, 0.1) is 0 Å². The molecule has 3 rings (SSSR count). The highest BCUT2D eigenvalue weighted by molar-refractivity contribution is 6.30.